The summed E-state index contributed by atoms with van der Waals surface area (Å²) < 4.78 is 57.1. The first-order chi connectivity index (χ1) is 23.8. The molecule has 0 radical (unpaired) electrons. The molecule has 0 aliphatic carbocycles. The molecule has 13 nitrogen and oxygen atoms in total. The molecule has 0 atom stereocenters. The van der Waals surface area contributed by atoms with Gasteiger partial charge in [0.1, 0.15) is 0 Å². The van der Waals surface area contributed by atoms with Gasteiger partial charge in [-0.05, 0) is 106 Å². The summed E-state index contributed by atoms with van der Waals surface area (Å²) in [5, 5.41) is 26.2. The quantitative estimate of drug-likeness (QED) is 0.0900. The molecule has 0 saturated heterocycles. The van der Waals surface area contributed by atoms with Crippen molar-refractivity contribution in [3.63, 3.8) is 0 Å². The highest BCUT2D eigenvalue weighted by molar-refractivity contribution is 7.93. The largest absolute Gasteiger partial charge is 0.478 e. The second-order valence-electron chi connectivity index (χ2n) is 11.0. The molecule has 252 valence electrons. The van der Waals surface area contributed by atoms with Crippen molar-refractivity contribution in [2.45, 2.75) is 9.79 Å². The van der Waals surface area contributed by atoms with Crippen molar-refractivity contribution in [1.82, 2.24) is 0 Å². The van der Waals surface area contributed by atoms with Crippen LogP contribution >= 0.6 is 0 Å². The molecular formula is C35H26N4O9S2. The van der Waals surface area contributed by atoms with Gasteiger partial charge >= 0.3 is 18.0 Å². The molecule has 0 heterocycles. The summed E-state index contributed by atoms with van der Waals surface area (Å²) in [6.45, 7) is 0. The number of hydrogen-bond donors (Lipinski definition) is 6. The monoisotopic (exact) mass is 710 g/mol. The predicted molar refractivity (Wildman–Crippen MR) is 189 cm³/mol. The second-order valence-corrected chi connectivity index (χ2v) is 14.4. The van der Waals surface area contributed by atoms with E-state index in [-0.39, 0.29) is 32.3 Å². The minimum absolute atomic E-state index is 0.0748. The summed E-state index contributed by atoms with van der Waals surface area (Å²) in [4.78, 5) is 35.3. The highest BCUT2D eigenvalue weighted by Crippen LogP contribution is 2.27. The van der Waals surface area contributed by atoms with Crippen molar-refractivity contribution >= 4 is 82.3 Å². The van der Waals surface area contributed by atoms with Gasteiger partial charge in [0.15, 0.2) is 0 Å². The highest BCUT2D eigenvalue weighted by atomic mass is 32.2. The number of carbonyl (C=O) groups is 3. The molecule has 0 unspecified atom stereocenters. The van der Waals surface area contributed by atoms with Crippen LogP contribution in [0.3, 0.4) is 0 Å². The molecule has 2 amide bonds. The maximum atomic E-state index is 13.1. The number of carboxylic acids is 2. The summed E-state index contributed by atoms with van der Waals surface area (Å²) in [5.74, 6) is -2.39. The first-order valence-electron chi connectivity index (χ1n) is 14.6. The van der Waals surface area contributed by atoms with E-state index in [9.17, 15) is 41.4 Å². The zero-order valence-corrected chi connectivity index (χ0v) is 27.2. The lowest BCUT2D eigenvalue weighted by Gasteiger charge is -2.12. The zero-order chi connectivity index (χ0) is 35.6. The first-order valence-corrected chi connectivity index (χ1v) is 17.6. The van der Waals surface area contributed by atoms with Gasteiger partial charge in [0.05, 0.1) is 20.9 Å². The van der Waals surface area contributed by atoms with Crippen LogP contribution in [-0.4, -0.2) is 45.0 Å². The Hall–Kier alpha value is -6.45. The molecule has 0 fully saturated rings. The van der Waals surface area contributed by atoms with Gasteiger partial charge in [-0.25, -0.2) is 31.2 Å². The fourth-order valence-corrected chi connectivity index (χ4v) is 7.26. The average Bonchev–Trinajstić information content (AvgIpc) is 3.07. The molecular weight excluding hydrogens is 685 g/mol. The van der Waals surface area contributed by atoms with Crippen LogP contribution in [0.5, 0.6) is 0 Å². The molecule has 6 rings (SSSR count). The number of anilines is 4. The van der Waals surface area contributed by atoms with Crippen LogP contribution in [0.1, 0.15) is 20.7 Å². The van der Waals surface area contributed by atoms with E-state index in [1.165, 1.54) is 72.8 Å². The van der Waals surface area contributed by atoms with Crippen LogP contribution in [0.25, 0.3) is 21.5 Å². The van der Waals surface area contributed by atoms with Crippen LogP contribution in [0.2, 0.25) is 0 Å². The van der Waals surface area contributed by atoms with Gasteiger partial charge in [-0.1, -0.05) is 36.4 Å². The molecule has 0 saturated carbocycles. The number of urea groups is 1. The lowest BCUT2D eigenvalue weighted by Crippen LogP contribution is -2.19. The number of benzene rings is 6. The molecule has 0 aromatic heterocycles. The average molecular weight is 711 g/mol. The summed E-state index contributed by atoms with van der Waals surface area (Å²) >= 11 is 0. The Bertz CT molecular complexity index is 2400. The van der Waals surface area contributed by atoms with Crippen molar-refractivity contribution in [3.05, 3.63) is 132 Å². The van der Waals surface area contributed by atoms with E-state index in [0.29, 0.717) is 32.9 Å². The lowest BCUT2D eigenvalue weighted by molar-refractivity contribution is 0.0686. The molecule has 6 aromatic carbocycles. The molecule has 0 spiro atoms. The van der Waals surface area contributed by atoms with Crippen LogP contribution < -0.4 is 20.1 Å². The van der Waals surface area contributed by atoms with Crippen molar-refractivity contribution < 1.29 is 41.4 Å². The van der Waals surface area contributed by atoms with Gasteiger partial charge < -0.3 is 20.8 Å². The van der Waals surface area contributed by atoms with E-state index in [0.717, 1.165) is 0 Å². The van der Waals surface area contributed by atoms with E-state index < -0.39 is 38.0 Å². The number of sulfonamides is 2. The lowest BCUT2D eigenvalue weighted by atomic mass is 10.1. The first kappa shape index (κ1) is 33.5. The summed E-state index contributed by atoms with van der Waals surface area (Å²) in [7, 11) is -8.16. The van der Waals surface area contributed by atoms with Crippen molar-refractivity contribution in [3.8, 4) is 0 Å². The van der Waals surface area contributed by atoms with Crippen LogP contribution in [-0.2, 0) is 20.0 Å². The Morgan fingerprint density at radius 3 is 1.24 bits per heavy atom. The fourth-order valence-electron chi connectivity index (χ4n) is 5.09. The number of nitrogens with one attached hydrogen (secondary N) is 4. The number of amides is 2. The number of aromatic carboxylic acids is 2. The predicted octanol–water partition coefficient (Wildman–Crippen LogP) is 6.64. The van der Waals surface area contributed by atoms with E-state index in [4.69, 9.17) is 0 Å². The van der Waals surface area contributed by atoms with Gasteiger partial charge in [0.25, 0.3) is 20.0 Å². The van der Waals surface area contributed by atoms with Crippen LogP contribution in [0, 0.1) is 0 Å². The number of carboxylic acid groups (broad SMARTS) is 2. The van der Waals surface area contributed by atoms with E-state index in [1.54, 1.807) is 48.5 Å². The molecule has 6 N–H and O–H groups in total. The molecule has 0 aliphatic rings. The summed E-state index contributed by atoms with van der Waals surface area (Å²) in [5.41, 5.74) is 0.744. The number of hydrogen-bond acceptors (Lipinski definition) is 7. The second kappa shape index (κ2) is 13.2. The van der Waals surface area contributed by atoms with Crippen LogP contribution in [0.15, 0.2) is 131 Å². The Morgan fingerprint density at radius 1 is 0.440 bits per heavy atom. The smallest absolute Gasteiger partial charge is 0.335 e. The third-order valence-electron chi connectivity index (χ3n) is 7.48. The van der Waals surface area contributed by atoms with E-state index >= 15 is 0 Å². The molecule has 0 aliphatic heterocycles. The standard InChI is InChI=1S/C35H26N4O9S2/c40-33(41)23-3-1-5-29(15-23)38-49(45,46)31-13-9-21-7-11-27(17-25(21)19-31)36-35(44)37-28-12-8-22-10-14-32(20-26(22)18-28)50(47,48)39-30-6-2-4-24(16-30)34(42)43/h1-20,38-39H,(H,40,41)(H,42,43)(H2,36,37,44). The van der Waals surface area contributed by atoms with Gasteiger partial charge in [-0.3, -0.25) is 9.44 Å². The number of fused-ring (bicyclic) bond motifs is 2. The van der Waals surface area contributed by atoms with E-state index in [2.05, 4.69) is 20.1 Å². The van der Waals surface area contributed by atoms with Gasteiger partial charge in [0.2, 0.25) is 0 Å². The Morgan fingerprint density at radius 2 is 0.840 bits per heavy atom. The fraction of sp³-hybridized carbons (Fsp3) is 0. The Balaban J connectivity index is 1.17. The molecule has 6 aromatic rings. The van der Waals surface area contributed by atoms with Gasteiger partial charge in [0, 0.05) is 22.7 Å². The molecule has 15 heteroatoms. The van der Waals surface area contributed by atoms with Gasteiger partial charge in [-0.15, -0.1) is 0 Å². The van der Waals surface area contributed by atoms with Crippen LogP contribution in [0.4, 0.5) is 27.5 Å². The molecule has 50 heavy (non-hydrogen) atoms. The number of carbonyl (C=O) groups excluding carboxylic acids is 1. The summed E-state index contributed by atoms with van der Waals surface area (Å²) in [6, 6.07) is 29.0. The van der Waals surface area contributed by atoms with Crippen molar-refractivity contribution in [2.24, 2.45) is 0 Å². The van der Waals surface area contributed by atoms with Crippen molar-refractivity contribution in [2.75, 3.05) is 20.1 Å². The van der Waals surface area contributed by atoms with Crippen molar-refractivity contribution in [1.29, 1.82) is 0 Å². The maximum absolute atomic E-state index is 13.1. The minimum Gasteiger partial charge on any atom is -0.478 e. The highest BCUT2D eigenvalue weighted by Gasteiger charge is 2.18. The van der Waals surface area contributed by atoms with Gasteiger partial charge in [-0.2, -0.15) is 0 Å². The Labute approximate surface area is 285 Å². The normalized spacial score (nSPS) is 11.5. The Kier molecular flexibility index (Phi) is 8.84. The number of rotatable bonds is 10. The van der Waals surface area contributed by atoms with E-state index in [1.807, 2.05) is 0 Å². The minimum atomic E-state index is -4.08. The third kappa shape index (κ3) is 7.48. The SMILES string of the molecule is O=C(Nc1ccc2ccc(S(=O)(=O)Nc3cccc(C(=O)O)c3)cc2c1)Nc1ccc2ccc(S(=O)(=O)Nc3cccc(C(=O)O)c3)cc2c1. The summed E-state index contributed by atoms with van der Waals surface area (Å²) in [6.07, 6.45) is 0. The third-order valence-corrected chi connectivity index (χ3v) is 10.2. The molecule has 0 bridgehead atoms. The zero-order valence-electron chi connectivity index (χ0n) is 25.6. The topological polar surface area (TPSA) is 208 Å². The maximum Gasteiger partial charge on any atom is 0.335 e.